The van der Waals surface area contributed by atoms with Crippen molar-refractivity contribution in [1.82, 2.24) is 4.90 Å². The average molecular weight is 566 g/mol. The normalized spacial score (nSPS) is 19.6. The first-order valence-electron chi connectivity index (χ1n) is 12.6. The number of likely N-dealkylation sites (N-methyl/N-ethyl adjacent to an activating group) is 1. The molecule has 0 radical (unpaired) electrons. The Bertz CT molecular complexity index is 1440. The van der Waals surface area contributed by atoms with Gasteiger partial charge in [-0.25, -0.2) is 0 Å². The minimum Gasteiger partial charge on any atom is -0.507 e. The molecule has 2 heterocycles. The molecular weight excluding hydrogens is 537 g/mol. The Morgan fingerprint density at radius 1 is 0.923 bits per heavy atom. The maximum Gasteiger partial charge on any atom is 0.300 e. The Morgan fingerprint density at radius 2 is 1.54 bits per heavy atom. The number of methoxy groups -OCH3 is 1. The number of anilines is 2. The van der Waals surface area contributed by atoms with Crippen LogP contribution in [-0.2, 0) is 9.59 Å². The molecule has 1 N–H and O–H groups in total. The Morgan fingerprint density at radius 3 is 2.13 bits per heavy atom. The first-order chi connectivity index (χ1) is 18.7. The van der Waals surface area contributed by atoms with Gasteiger partial charge in [-0.15, -0.1) is 0 Å². The summed E-state index contributed by atoms with van der Waals surface area (Å²) in [4.78, 5) is 33.1. The maximum atomic E-state index is 13.5. The molecule has 0 spiro atoms. The predicted octanol–water partition coefficient (Wildman–Crippen LogP) is 5.69. The molecule has 5 rings (SSSR count). The number of aliphatic hydroxyl groups is 1. The van der Waals surface area contributed by atoms with Crippen LogP contribution in [0.15, 0.2) is 66.2 Å². The van der Waals surface area contributed by atoms with Gasteiger partial charge in [0.25, 0.3) is 11.7 Å². The highest BCUT2D eigenvalue weighted by Gasteiger charge is 2.47. The van der Waals surface area contributed by atoms with Crippen molar-refractivity contribution in [3.8, 4) is 5.75 Å². The summed E-state index contributed by atoms with van der Waals surface area (Å²) in [6, 6.07) is 17.3. The van der Waals surface area contributed by atoms with Crippen LogP contribution in [0.25, 0.3) is 5.76 Å². The molecule has 0 bridgehead atoms. The van der Waals surface area contributed by atoms with Gasteiger partial charge in [-0.1, -0.05) is 53.0 Å². The number of hydrogen-bond acceptors (Lipinski definition) is 6. The van der Waals surface area contributed by atoms with Gasteiger partial charge in [-0.3, -0.25) is 14.5 Å². The fourth-order valence-corrected chi connectivity index (χ4v) is 5.83. The van der Waals surface area contributed by atoms with Crippen LogP contribution in [0.4, 0.5) is 11.4 Å². The molecule has 3 aromatic rings. The van der Waals surface area contributed by atoms with Gasteiger partial charge in [0.2, 0.25) is 0 Å². The first kappa shape index (κ1) is 27.1. The van der Waals surface area contributed by atoms with Crippen molar-refractivity contribution < 1.29 is 19.4 Å². The van der Waals surface area contributed by atoms with Gasteiger partial charge in [0.1, 0.15) is 5.76 Å². The molecule has 1 amide bonds. The number of aliphatic hydroxyl groups excluding tert-OH is 1. The monoisotopic (exact) mass is 565 g/mol. The molecular formula is C30H29Cl2N3O4. The summed E-state index contributed by atoms with van der Waals surface area (Å²) < 4.78 is 5.21. The molecule has 202 valence electrons. The van der Waals surface area contributed by atoms with Crippen LogP contribution >= 0.6 is 23.2 Å². The highest BCUT2D eigenvalue weighted by molar-refractivity contribution is 6.51. The number of amides is 1. The number of carbonyl (C=O) groups excluding carboxylic acids is 2. The van der Waals surface area contributed by atoms with Crippen molar-refractivity contribution in [1.29, 1.82) is 0 Å². The van der Waals surface area contributed by atoms with Crippen molar-refractivity contribution in [2.45, 2.75) is 13.0 Å². The Kier molecular flexibility index (Phi) is 7.58. The molecule has 2 aliphatic heterocycles. The van der Waals surface area contributed by atoms with Gasteiger partial charge >= 0.3 is 0 Å². The smallest absolute Gasteiger partial charge is 0.300 e. The van der Waals surface area contributed by atoms with E-state index in [2.05, 4.69) is 16.8 Å². The molecule has 7 nitrogen and oxygen atoms in total. The third-order valence-electron chi connectivity index (χ3n) is 7.27. The van der Waals surface area contributed by atoms with Crippen molar-refractivity contribution in [3.63, 3.8) is 0 Å². The lowest BCUT2D eigenvalue weighted by atomic mass is 9.94. The van der Waals surface area contributed by atoms with Crippen LogP contribution in [0.2, 0.25) is 10.0 Å². The molecule has 2 aliphatic rings. The Labute approximate surface area is 237 Å². The van der Waals surface area contributed by atoms with Crippen molar-refractivity contribution in [2.24, 2.45) is 0 Å². The Hall–Kier alpha value is -3.52. The van der Waals surface area contributed by atoms with Crippen LogP contribution in [0, 0.1) is 6.92 Å². The average Bonchev–Trinajstić information content (AvgIpc) is 3.18. The first-order valence-corrected chi connectivity index (χ1v) is 13.4. The fourth-order valence-electron chi connectivity index (χ4n) is 5.19. The number of hydrogen-bond donors (Lipinski definition) is 1. The van der Waals surface area contributed by atoms with Gasteiger partial charge in [0, 0.05) is 43.1 Å². The van der Waals surface area contributed by atoms with E-state index in [1.165, 1.54) is 24.1 Å². The van der Waals surface area contributed by atoms with Crippen LogP contribution in [0.1, 0.15) is 22.7 Å². The number of ketones is 1. The largest absolute Gasteiger partial charge is 0.507 e. The van der Waals surface area contributed by atoms with E-state index >= 15 is 0 Å². The lowest BCUT2D eigenvalue weighted by molar-refractivity contribution is -0.132. The second-order valence-electron chi connectivity index (χ2n) is 9.86. The summed E-state index contributed by atoms with van der Waals surface area (Å²) in [6.45, 7) is 5.71. The number of ether oxygens (including phenoxy) is 1. The van der Waals surface area contributed by atoms with Gasteiger partial charge < -0.3 is 19.6 Å². The Balaban J connectivity index is 1.61. The number of rotatable bonds is 5. The van der Waals surface area contributed by atoms with E-state index in [1.807, 2.05) is 55.5 Å². The number of aryl methyl sites for hydroxylation is 1. The zero-order chi connectivity index (χ0) is 27.8. The SMILES string of the molecule is COc1c(Cl)cc(/C(O)=C2\C(=O)C(=O)N(c3ccc(N4CCN(C)CC4)cc3)C2c2cccc(C)c2)cc1Cl. The van der Waals surface area contributed by atoms with E-state index < -0.39 is 17.7 Å². The lowest BCUT2D eigenvalue weighted by Crippen LogP contribution is -2.44. The standard InChI is InChI=1S/C30H29Cl2N3O4/c1-18-5-4-6-19(15-18)26-25(27(36)20-16-23(31)29(39-3)24(32)17-20)28(37)30(38)35(26)22-9-7-21(8-10-22)34-13-11-33(2)12-14-34/h4-10,15-17,26,36H,11-14H2,1-3H3/b27-25+. The molecule has 2 fully saturated rings. The van der Waals surface area contributed by atoms with E-state index in [0.29, 0.717) is 11.3 Å². The number of piperazine rings is 1. The van der Waals surface area contributed by atoms with Crippen molar-refractivity contribution >= 4 is 52.0 Å². The molecule has 3 aromatic carbocycles. The molecule has 0 aromatic heterocycles. The van der Waals surface area contributed by atoms with E-state index in [1.54, 1.807) is 0 Å². The van der Waals surface area contributed by atoms with Gasteiger partial charge in [0.15, 0.2) is 5.75 Å². The summed E-state index contributed by atoms with van der Waals surface area (Å²) in [5.74, 6) is -1.61. The van der Waals surface area contributed by atoms with E-state index in [4.69, 9.17) is 27.9 Å². The topological polar surface area (TPSA) is 73.3 Å². The minimum atomic E-state index is -0.848. The lowest BCUT2D eigenvalue weighted by Gasteiger charge is -2.34. The van der Waals surface area contributed by atoms with Gasteiger partial charge in [0.05, 0.1) is 28.8 Å². The van der Waals surface area contributed by atoms with E-state index in [9.17, 15) is 14.7 Å². The quantitative estimate of drug-likeness (QED) is 0.243. The number of benzene rings is 3. The molecule has 1 unspecified atom stereocenters. The summed E-state index contributed by atoms with van der Waals surface area (Å²) in [6.07, 6.45) is 0. The third kappa shape index (κ3) is 5.10. The predicted molar refractivity (Wildman–Crippen MR) is 155 cm³/mol. The zero-order valence-corrected chi connectivity index (χ0v) is 23.5. The molecule has 0 aliphatic carbocycles. The second kappa shape index (κ2) is 10.9. The van der Waals surface area contributed by atoms with Crippen LogP contribution in [0.5, 0.6) is 5.75 Å². The van der Waals surface area contributed by atoms with Crippen molar-refractivity contribution in [3.05, 3.63) is 93.0 Å². The molecule has 2 saturated heterocycles. The number of Topliss-reactive ketones (excluding diaryl/α,β-unsaturated/α-hetero) is 1. The molecule has 0 saturated carbocycles. The minimum absolute atomic E-state index is 0.0361. The molecule has 9 heteroatoms. The molecule has 1 atom stereocenters. The highest BCUT2D eigenvalue weighted by Crippen LogP contribution is 2.44. The highest BCUT2D eigenvalue weighted by atomic mass is 35.5. The van der Waals surface area contributed by atoms with E-state index in [-0.39, 0.29) is 32.7 Å². The van der Waals surface area contributed by atoms with Crippen LogP contribution in [-0.4, -0.2) is 62.0 Å². The second-order valence-corrected chi connectivity index (χ2v) is 10.7. The summed E-state index contributed by atoms with van der Waals surface area (Å²) >= 11 is 12.6. The maximum absolute atomic E-state index is 13.5. The number of carbonyl (C=O) groups is 2. The number of nitrogens with zero attached hydrogens (tertiary/aromatic N) is 3. The van der Waals surface area contributed by atoms with Gasteiger partial charge in [-0.2, -0.15) is 0 Å². The summed E-state index contributed by atoms with van der Waals surface area (Å²) in [7, 11) is 3.54. The fraction of sp³-hybridized carbons (Fsp3) is 0.267. The van der Waals surface area contributed by atoms with E-state index in [0.717, 1.165) is 37.4 Å². The third-order valence-corrected chi connectivity index (χ3v) is 7.84. The van der Waals surface area contributed by atoms with Gasteiger partial charge in [-0.05, 0) is 55.9 Å². The van der Waals surface area contributed by atoms with Crippen LogP contribution < -0.4 is 14.5 Å². The summed E-state index contributed by atoms with van der Waals surface area (Å²) in [5.41, 5.74) is 3.45. The summed E-state index contributed by atoms with van der Waals surface area (Å²) in [5, 5.41) is 11.8. The molecule has 39 heavy (non-hydrogen) atoms. The zero-order valence-electron chi connectivity index (χ0n) is 21.9. The van der Waals surface area contributed by atoms with Crippen LogP contribution in [0.3, 0.4) is 0 Å². The number of halogens is 2. The van der Waals surface area contributed by atoms with Crippen molar-refractivity contribution in [2.75, 3.05) is 50.1 Å².